The van der Waals surface area contributed by atoms with Crippen LogP contribution in [-0.2, 0) is 23.7 Å². The lowest BCUT2D eigenvalue weighted by Crippen LogP contribution is -2.69. The van der Waals surface area contributed by atoms with E-state index in [4.69, 9.17) is 23.7 Å². The van der Waals surface area contributed by atoms with Crippen LogP contribution in [0.25, 0.3) is 0 Å². The van der Waals surface area contributed by atoms with Crippen LogP contribution in [0.2, 0.25) is 0 Å². The van der Waals surface area contributed by atoms with Crippen molar-refractivity contribution in [3.63, 3.8) is 0 Å². The van der Waals surface area contributed by atoms with Gasteiger partial charge in [0.25, 0.3) is 0 Å². The standard InChI is InChI=1S/C42H72O15/c1-21(17-43)23-9-14-42(37(56-23)57-36-33(51)31(49)29(47)25(19-45)55-36)16-15-40(4)22(34(42)52)7-8-27-39(3)12-6-11-38(2,26(39)10-13-41(27,40)5)20-53-35-32(50)30(48)28(46)24(18-44)54-35/h21-37,43-52H,6-20H2,1-5H3. The Hall–Kier alpha value is -0.600. The third kappa shape index (κ3) is 6.98. The van der Waals surface area contributed by atoms with Crippen molar-refractivity contribution in [2.75, 3.05) is 26.4 Å². The zero-order valence-corrected chi connectivity index (χ0v) is 34.4. The van der Waals surface area contributed by atoms with Crippen LogP contribution in [-0.4, -0.2) is 157 Å². The molecule has 0 aromatic rings. The molecule has 7 rings (SSSR count). The molecule has 3 heterocycles. The topological polar surface area (TPSA) is 248 Å². The van der Waals surface area contributed by atoms with E-state index in [1.165, 1.54) is 0 Å². The predicted octanol–water partition coefficient (Wildman–Crippen LogP) is 0.539. The van der Waals surface area contributed by atoms with Crippen LogP contribution in [0.5, 0.6) is 0 Å². The van der Waals surface area contributed by atoms with Crippen molar-refractivity contribution in [3.8, 4) is 0 Å². The van der Waals surface area contributed by atoms with Crippen molar-refractivity contribution in [1.82, 2.24) is 0 Å². The first kappa shape index (κ1) is 44.5. The molecule has 7 fully saturated rings. The number of aliphatic hydroxyl groups is 10. The van der Waals surface area contributed by atoms with E-state index in [1.54, 1.807) is 0 Å². The molecule has 0 radical (unpaired) electrons. The predicted molar refractivity (Wildman–Crippen MR) is 202 cm³/mol. The van der Waals surface area contributed by atoms with Crippen molar-refractivity contribution in [2.45, 2.75) is 185 Å². The molecule has 330 valence electrons. The van der Waals surface area contributed by atoms with Gasteiger partial charge in [0.15, 0.2) is 18.9 Å². The quantitative estimate of drug-likeness (QED) is 0.153. The van der Waals surface area contributed by atoms with Crippen molar-refractivity contribution in [1.29, 1.82) is 0 Å². The molecule has 15 nitrogen and oxygen atoms in total. The van der Waals surface area contributed by atoms with Gasteiger partial charge in [0, 0.05) is 17.9 Å². The molecule has 22 unspecified atom stereocenters. The lowest BCUT2D eigenvalue weighted by Gasteiger charge is -2.72. The molecule has 3 saturated heterocycles. The maximum atomic E-state index is 12.8. The second kappa shape index (κ2) is 16.3. The maximum absolute atomic E-state index is 12.8. The van der Waals surface area contributed by atoms with Crippen LogP contribution in [0.15, 0.2) is 0 Å². The summed E-state index contributed by atoms with van der Waals surface area (Å²) >= 11 is 0. The number of aliphatic hydroxyl groups excluding tert-OH is 10. The summed E-state index contributed by atoms with van der Waals surface area (Å²) in [7, 11) is 0. The zero-order valence-electron chi connectivity index (χ0n) is 34.4. The highest BCUT2D eigenvalue weighted by atomic mass is 16.8. The van der Waals surface area contributed by atoms with E-state index in [2.05, 4.69) is 27.7 Å². The van der Waals surface area contributed by atoms with E-state index in [-0.39, 0.29) is 46.2 Å². The van der Waals surface area contributed by atoms with Crippen molar-refractivity contribution >= 4 is 0 Å². The maximum Gasteiger partial charge on any atom is 0.189 e. The van der Waals surface area contributed by atoms with Gasteiger partial charge in [-0.2, -0.15) is 0 Å². The molecular formula is C42H72O15. The van der Waals surface area contributed by atoms with E-state index >= 15 is 0 Å². The average molecular weight is 817 g/mol. The molecule has 10 N–H and O–H groups in total. The second-order valence-electron chi connectivity index (χ2n) is 20.4. The summed E-state index contributed by atoms with van der Waals surface area (Å²) in [5.74, 6) is 0.351. The first-order valence-electron chi connectivity index (χ1n) is 21.7. The first-order valence-corrected chi connectivity index (χ1v) is 21.7. The van der Waals surface area contributed by atoms with Crippen molar-refractivity contribution < 1.29 is 74.7 Å². The summed E-state index contributed by atoms with van der Waals surface area (Å²) in [5.41, 5.74) is -1.51. The Balaban J connectivity index is 1.12. The van der Waals surface area contributed by atoms with Gasteiger partial charge in [-0.3, -0.25) is 0 Å². The Morgan fingerprint density at radius 3 is 1.88 bits per heavy atom. The molecule has 0 amide bonds. The molecule has 4 saturated carbocycles. The highest BCUT2D eigenvalue weighted by Gasteiger charge is 2.71. The van der Waals surface area contributed by atoms with Gasteiger partial charge in [-0.25, -0.2) is 0 Å². The van der Waals surface area contributed by atoms with Crippen LogP contribution in [0.4, 0.5) is 0 Å². The van der Waals surface area contributed by atoms with Gasteiger partial charge < -0.3 is 74.7 Å². The van der Waals surface area contributed by atoms with Gasteiger partial charge in [-0.15, -0.1) is 0 Å². The van der Waals surface area contributed by atoms with E-state index in [1.807, 2.05) is 6.92 Å². The number of rotatable bonds is 9. The minimum atomic E-state index is -1.63. The first-order chi connectivity index (χ1) is 26.9. The SMILES string of the molecule is CC(CO)C1CCC2(CCC3(C)C(CCC4C5(C)CCCC(C)(COC6OC(CO)C(O)C(O)C6O)C5CCC43C)C2O)C(OC2OC(CO)C(O)C(O)C2O)O1. The number of ether oxygens (including phenoxy) is 5. The molecular weight excluding hydrogens is 744 g/mol. The monoisotopic (exact) mass is 816 g/mol. The van der Waals surface area contributed by atoms with Crippen LogP contribution in [0.3, 0.4) is 0 Å². The molecule has 57 heavy (non-hydrogen) atoms. The minimum Gasteiger partial charge on any atom is -0.396 e. The minimum absolute atomic E-state index is 0.0385. The van der Waals surface area contributed by atoms with E-state index < -0.39 is 92.4 Å². The van der Waals surface area contributed by atoms with E-state index in [0.717, 1.165) is 51.4 Å². The average Bonchev–Trinajstić information content (AvgIpc) is 3.19. The summed E-state index contributed by atoms with van der Waals surface area (Å²) in [6, 6.07) is 0. The van der Waals surface area contributed by atoms with E-state index in [0.29, 0.717) is 37.7 Å². The third-order valence-electron chi connectivity index (χ3n) is 17.7. The lowest BCUT2D eigenvalue weighted by atomic mass is 9.33. The Labute approximate surface area is 336 Å². The van der Waals surface area contributed by atoms with Crippen LogP contribution in [0.1, 0.15) is 105 Å². The van der Waals surface area contributed by atoms with Gasteiger partial charge in [0.2, 0.25) is 0 Å². The van der Waals surface area contributed by atoms with Crippen molar-refractivity contribution in [3.05, 3.63) is 0 Å². The fraction of sp³-hybridized carbons (Fsp3) is 1.00. The Bertz CT molecular complexity index is 1390. The van der Waals surface area contributed by atoms with Crippen LogP contribution >= 0.6 is 0 Å². The molecule has 0 aromatic carbocycles. The molecule has 0 bridgehead atoms. The Kier molecular flexibility index (Phi) is 12.7. The Morgan fingerprint density at radius 1 is 0.614 bits per heavy atom. The summed E-state index contributed by atoms with van der Waals surface area (Å²) in [6.45, 7) is 10.5. The highest BCUT2D eigenvalue weighted by Crippen LogP contribution is 2.75. The van der Waals surface area contributed by atoms with Crippen LogP contribution in [0, 0.1) is 50.7 Å². The molecule has 4 aliphatic carbocycles. The largest absolute Gasteiger partial charge is 0.396 e. The smallest absolute Gasteiger partial charge is 0.189 e. The molecule has 0 aromatic heterocycles. The zero-order chi connectivity index (χ0) is 41.5. The fourth-order valence-electron chi connectivity index (χ4n) is 14.0. The lowest BCUT2D eigenvalue weighted by molar-refractivity contribution is -0.388. The molecule has 1 spiro atoms. The van der Waals surface area contributed by atoms with Gasteiger partial charge in [-0.1, -0.05) is 41.0 Å². The summed E-state index contributed by atoms with van der Waals surface area (Å²) in [4.78, 5) is 0. The van der Waals surface area contributed by atoms with Gasteiger partial charge in [0.1, 0.15) is 48.8 Å². The third-order valence-corrected chi connectivity index (χ3v) is 17.7. The number of hydrogen-bond donors (Lipinski definition) is 10. The van der Waals surface area contributed by atoms with Gasteiger partial charge in [-0.05, 0) is 104 Å². The normalized spacial score (nSPS) is 56.1. The molecule has 7 aliphatic rings. The summed E-state index contributed by atoms with van der Waals surface area (Å²) in [5, 5.41) is 106. The molecule has 15 heteroatoms. The van der Waals surface area contributed by atoms with Gasteiger partial charge >= 0.3 is 0 Å². The molecule has 3 aliphatic heterocycles. The number of hydrogen-bond acceptors (Lipinski definition) is 15. The summed E-state index contributed by atoms with van der Waals surface area (Å²) in [6.07, 6.45) is -7.09. The van der Waals surface area contributed by atoms with Crippen LogP contribution < -0.4 is 0 Å². The van der Waals surface area contributed by atoms with Gasteiger partial charge in [0.05, 0.1) is 32.0 Å². The summed E-state index contributed by atoms with van der Waals surface area (Å²) < 4.78 is 30.8. The van der Waals surface area contributed by atoms with Crippen molar-refractivity contribution in [2.24, 2.45) is 50.7 Å². The molecule has 22 atom stereocenters. The fourth-order valence-corrected chi connectivity index (χ4v) is 14.0. The second-order valence-corrected chi connectivity index (χ2v) is 20.4. The Morgan fingerprint density at radius 2 is 1.25 bits per heavy atom. The number of fused-ring (bicyclic) bond motifs is 5. The highest BCUT2D eigenvalue weighted by molar-refractivity contribution is 5.19. The van der Waals surface area contributed by atoms with E-state index in [9.17, 15) is 51.1 Å².